The zero-order valence-electron chi connectivity index (χ0n) is 9.61. The van der Waals surface area contributed by atoms with E-state index in [4.69, 9.17) is 4.42 Å². The van der Waals surface area contributed by atoms with Gasteiger partial charge in [0.15, 0.2) is 12.1 Å². The average molecular weight is 232 g/mol. The van der Waals surface area contributed by atoms with Crippen molar-refractivity contribution in [2.75, 3.05) is 0 Å². The minimum atomic E-state index is -0.0385. The van der Waals surface area contributed by atoms with E-state index in [2.05, 4.69) is 9.97 Å². The van der Waals surface area contributed by atoms with Crippen LogP contribution in [0.5, 0.6) is 0 Å². The van der Waals surface area contributed by atoms with Crippen molar-refractivity contribution in [3.05, 3.63) is 29.3 Å². The van der Waals surface area contributed by atoms with Gasteiger partial charge < -0.3 is 9.40 Å². The van der Waals surface area contributed by atoms with Crippen molar-refractivity contribution in [3.63, 3.8) is 0 Å². The van der Waals surface area contributed by atoms with Crippen LogP contribution in [0.15, 0.2) is 16.9 Å². The van der Waals surface area contributed by atoms with Crippen LogP contribution in [0.4, 0.5) is 0 Å². The molecule has 17 heavy (non-hydrogen) atoms. The van der Waals surface area contributed by atoms with E-state index in [1.807, 2.05) is 0 Å². The number of Topliss-reactive ketones (excluding diaryl/α,β-unsaturated/α-hetero) is 1. The monoisotopic (exact) mass is 232 g/mol. The standard InChI is InChI=1S/C12H12N2O3/c1-3-9(16)10-7(2)8(6-15)11(14-10)12-13-4-5-17-12/h4-6,14H,3H2,1-2H3. The first-order valence-corrected chi connectivity index (χ1v) is 5.29. The molecule has 0 aliphatic carbocycles. The van der Waals surface area contributed by atoms with E-state index in [0.29, 0.717) is 41.1 Å². The van der Waals surface area contributed by atoms with Crippen LogP contribution in [0.2, 0.25) is 0 Å². The third-order valence-electron chi connectivity index (χ3n) is 2.66. The molecule has 2 rings (SSSR count). The number of rotatable bonds is 4. The fraction of sp³-hybridized carbons (Fsp3) is 0.250. The lowest BCUT2D eigenvalue weighted by Crippen LogP contribution is -1.99. The number of hydrogen-bond acceptors (Lipinski definition) is 4. The Hall–Kier alpha value is -2.17. The molecule has 0 saturated carbocycles. The lowest BCUT2D eigenvalue weighted by molar-refractivity contribution is 0.0983. The molecule has 0 bridgehead atoms. The second-order valence-corrected chi connectivity index (χ2v) is 3.65. The molecule has 0 amide bonds. The molecule has 0 aliphatic heterocycles. The fourth-order valence-electron chi connectivity index (χ4n) is 1.73. The predicted molar refractivity (Wildman–Crippen MR) is 61.0 cm³/mol. The molecule has 88 valence electrons. The van der Waals surface area contributed by atoms with Gasteiger partial charge in [-0.1, -0.05) is 6.92 Å². The summed E-state index contributed by atoms with van der Waals surface area (Å²) in [7, 11) is 0. The van der Waals surface area contributed by atoms with Crippen molar-refractivity contribution in [1.29, 1.82) is 0 Å². The van der Waals surface area contributed by atoms with Crippen molar-refractivity contribution in [2.45, 2.75) is 20.3 Å². The lowest BCUT2D eigenvalue weighted by atomic mass is 10.1. The van der Waals surface area contributed by atoms with Crippen molar-refractivity contribution < 1.29 is 14.0 Å². The normalized spacial score (nSPS) is 10.5. The molecule has 5 heteroatoms. The Morgan fingerprint density at radius 2 is 2.35 bits per heavy atom. The lowest BCUT2D eigenvalue weighted by Gasteiger charge is -1.94. The zero-order valence-corrected chi connectivity index (χ0v) is 9.61. The zero-order chi connectivity index (χ0) is 12.4. The predicted octanol–water partition coefficient (Wildman–Crippen LogP) is 2.38. The highest BCUT2D eigenvalue weighted by Gasteiger charge is 2.20. The first-order chi connectivity index (χ1) is 8.19. The second-order valence-electron chi connectivity index (χ2n) is 3.65. The molecular weight excluding hydrogens is 220 g/mol. The summed E-state index contributed by atoms with van der Waals surface area (Å²) in [6, 6.07) is 0. The number of nitrogens with one attached hydrogen (secondary N) is 1. The largest absolute Gasteiger partial charge is 0.443 e. The molecule has 1 N–H and O–H groups in total. The highest BCUT2D eigenvalue weighted by molar-refractivity contribution is 6.00. The van der Waals surface area contributed by atoms with E-state index < -0.39 is 0 Å². The van der Waals surface area contributed by atoms with E-state index in [1.54, 1.807) is 13.8 Å². The maximum atomic E-state index is 11.7. The molecule has 0 unspecified atom stereocenters. The molecular formula is C12H12N2O3. The maximum absolute atomic E-state index is 11.7. The Morgan fingerprint density at radius 1 is 1.59 bits per heavy atom. The smallest absolute Gasteiger partial charge is 0.243 e. The number of aldehydes is 1. The fourth-order valence-corrected chi connectivity index (χ4v) is 1.73. The molecule has 2 aromatic heterocycles. The Labute approximate surface area is 97.9 Å². The van der Waals surface area contributed by atoms with E-state index in [-0.39, 0.29) is 5.78 Å². The molecule has 5 nitrogen and oxygen atoms in total. The molecule has 0 atom stereocenters. The highest BCUT2D eigenvalue weighted by atomic mass is 16.3. The summed E-state index contributed by atoms with van der Waals surface area (Å²) in [4.78, 5) is 29.6. The third kappa shape index (κ3) is 1.80. The topological polar surface area (TPSA) is 76.0 Å². The number of ketones is 1. The van der Waals surface area contributed by atoms with Gasteiger partial charge in [-0.15, -0.1) is 0 Å². The van der Waals surface area contributed by atoms with E-state index in [1.165, 1.54) is 12.5 Å². The first kappa shape index (κ1) is 11.3. The van der Waals surface area contributed by atoms with Crippen molar-refractivity contribution in [2.24, 2.45) is 0 Å². The summed E-state index contributed by atoms with van der Waals surface area (Å²) in [5, 5.41) is 0. The van der Waals surface area contributed by atoms with E-state index in [0.717, 1.165) is 0 Å². The maximum Gasteiger partial charge on any atom is 0.243 e. The summed E-state index contributed by atoms with van der Waals surface area (Å²) >= 11 is 0. The van der Waals surface area contributed by atoms with Gasteiger partial charge in [-0.2, -0.15) is 0 Å². The molecule has 0 fully saturated rings. The third-order valence-corrected chi connectivity index (χ3v) is 2.66. The summed E-state index contributed by atoms with van der Waals surface area (Å²) in [6.07, 6.45) is 3.99. The Kier molecular flexibility index (Phi) is 2.91. The summed E-state index contributed by atoms with van der Waals surface area (Å²) in [5.74, 6) is 0.272. The van der Waals surface area contributed by atoms with Gasteiger partial charge in [0.05, 0.1) is 11.9 Å². The van der Waals surface area contributed by atoms with Gasteiger partial charge in [-0.25, -0.2) is 4.98 Å². The Balaban J connectivity index is 2.61. The SMILES string of the molecule is CCC(=O)c1[nH]c(-c2ncco2)c(C=O)c1C. The van der Waals surface area contributed by atoms with E-state index in [9.17, 15) is 9.59 Å². The number of carbonyl (C=O) groups is 2. The number of aromatic nitrogens is 2. The molecule has 2 aromatic rings. The van der Waals surface area contributed by atoms with Crippen LogP contribution in [-0.2, 0) is 0 Å². The summed E-state index contributed by atoms with van der Waals surface area (Å²) < 4.78 is 5.13. The van der Waals surface area contributed by atoms with Crippen molar-refractivity contribution in [3.8, 4) is 11.6 Å². The summed E-state index contributed by atoms with van der Waals surface area (Å²) in [6.45, 7) is 3.50. The first-order valence-electron chi connectivity index (χ1n) is 5.29. The molecule has 2 heterocycles. The van der Waals surface area contributed by atoms with Crippen LogP contribution in [-0.4, -0.2) is 22.0 Å². The van der Waals surface area contributed by atoms with Gasteiger partial charge in [0, 0.05) is 12.0 Å². The van der Waals surface area contributed by atoms with Crippen molar-refractivity contribution >= 4 is 12.1 Å². The van der Waals surface area contributed by atoms with Crippen LogP contribution >= 0.6 is 0 Å². The van der Waals surface area contributed by atoms with Gasteiger partial charge in [0.25, 0.3) is 0 Å². The van der Waals surface area contributed by atoms with Gasteiger partial charge in [0.2, 0.25) is 5.89 Å². The number of carbonyl (C=O) groups excluding carboxylic acids is 2. The number of hydrogen-bond donors (Lipinski definition) is 1. The van der Waals surface area contributed by atoms with Gasteiger partial charge >= 0.3 is 0 Å². The summed E-state index contributed by atoms with van der Waals surface area (Å²) in [5.41, 5.74) is 1.96. The van der Waals surface area contributed by atoms with Crippen LogP contribution < -0.4 is 0 Å². The van der Waals surface area contributed by atoms with Crippen LogP contribution in [0, 0.1) is 6.92 Å². The van der Waals surface area contributed by atoms with Crippen LogP contribution in [0.25, 0.3) is 11.6 Å². The Morgan fingerprint density at radius 3 is 2.88 bits per heavy atom. The highest BCUT2D eigenvalue weighted by Crippen LogP contribution is 2.26. The molecule has 0 aliphatic rings. The number of oxazole rings is 1. The second kappa shape index (κ2) is 4.37. The van der Waals surface area contributed by atoms with Gasteiger partial charge in [-0.05, 0) is 12.5 Å². The number of nitrogens with zero attached hydrogens (tertiary/aromatic N) is 1. The number of H-pyrrole nitrogens is 1. The molecule has 0 aromatic carbocycles. The minimum absolute atomic E-state index is 0.0385. The van der Waals surface area contributed by atoms with E-state index >= 15 is 0 Å². The van der Waals surface area contributed by atoms with Gasteiger partial charge in [-0.3, -0.25) is 9.59 Å². The quantitative estimate of drug-likeness (QED) is 0.648. The average Bonchev–Trinajstić information content (AvgIpc) is 2.95. The molecule has 0 spiro atoms. The van der Waals surface area contributed by atoms with Crippen molar-refractivity contribution in [1.82, 2.24) is 9.97 Å². The minimum Gasteiger partial charge on any atom is -0.443 e. The molecule has 0 saturated heterocycles. The van der Waals surface area contributed by atoms with Crippen LogP contribution in [0.1, 0.15) is 39.8 Å². The van der Waals surface area contributed by atoms with Crippen LogP contribution in [0.3, 0.4) is 0 Å². The number of aromatic amines is 1. The Bertz CT molecular complexity index is 553. The van der Waals surface area contributed by atoms with Gasteiger partial charge in [0.1, 0.15) is 12.0 Å². The molecule has 0 radical (unpaired) electrons.